The lowest BCUT2D eigenvalue weighted by atomic mass is 10.1. The predicted molar refractivity (Wildman–Crippen MR) is 138 cm³/mol. The summed E-state index contributed by atoms with van der Waals surface area (Å²) in [5.74, 6) is 0.865. The number of nitrogen functional groups attached to an aromatic ring is 1. The lowest BCUT2D eigenvalue weighted by Gasteiger charge is -2.11. The molecule has 0 fully saturated rings. The van der Waals surface area contributed by atoms with E-state index in [0.717, 1.165) is 11.3 Å². The minimum atomic E-state index is -4.07. The van der Waals surface area contributed by atoms with Gasteiger partial charge in [0.05, 0.1) is 24.3 Å². The van der Waals surface area contributed by atoms with Crippen LogP contribution in [0.1, 0.15) is 22.2 Å². The first-order valence-electron chi connectivity index (χ1n) is 10.8. The Morgan fingerprint density at radius 2 is 1.57 bits per heavy atom. The molecule has 0 unspecified atom stereocenters. The van der Waals surface area contributed by atoms with Crippen LogP contribution in [-0.4, -0.2) is 27.9 Å². The molecule has 0 bridgehead atoms. The van der Waals surface area contributed by atoms with Gasteiger partial charge in [-0.1, -0.05) is 30.3 Å². The second kappa shape index (κ2) is 10.2. The number of thiophene rings is 1. The van der Waals surface area contributed by atoms with E-state index in [0.29, 0.717) is 29.4 Å². The van der Waals surface area contributed by atoms with E-state index in [1.54, 1.807) is 66.7 Å². The number of rotatable bonds is 9. The fourth-order valence-corrected chi connectivity index (χ4v) is 6.41. The quantitative estimate of drug-likeness (QED) is 0.286. The van der Waals surface area contributed by atoms with Gasteiger partial charge in [-0.2, -0.15) is 0 Å². The van der Waals surface area contributed by atoms with Crippen molar-refractivity contribution in [3.63, 3.8) is 0 Å². The molecule has 9 heteroatoms. The molecule has 4 rings (SSSR count). The third kappa shape index (κ3) is 5.01. The summed E-state index contributed by atoms with van der Waals surface area (Å²) in [4.78, 5) is 13.3. The van der Waals surface area contributed by atoms with Gasteiger partial charge in [-0.05, 0) is 55.5 Å². The van der Waals surface area contributed by atoms with Crippen LogP contribution in [0.15, 0.2) is 88.7 Å². The minimum Gasteiger partial charge on any atom is -0.497 e. The van der Waals surface area contributed by atoms with Crippen LogP contribution < -0.4 is 20.5 Å². The van der Waals surface area contributed by atoms with Gasteiger partial charge in [0.2, 0.25) is 15.6 Å². The number of carbonyl (C=O) groups excluding carboxylic acids is 1. The maximum atomic E-state index is 13.7. The topological polar surface area (TPSA) is 108 Å². The Morgan fingerprint density at radius 1 is 0.943 bits per heavy atom. The molecule has 180 valence electrons. The molecule has 3 N–H and O–H groups in total. The van der Waals surface area contributed by atoms with Crippen molar-refractivity contribution in [2.45, 2.75) is 16.7 Å². The van der Waals surface area contributed by atoms with Crippen molar-refractivity contribution in [1.29, 1.82) is 0 Å². The van der Waals surface area contributed by atoms with Gasteiger partial charge < -0.3 is 20.5 Å². The molecule has 35 heavy (non-hydrogen) atoms. The lowest BCUT2D eigenvalue weighted by Crippen LogP contribution is -2.08. The summed E-state index contributed by atoms with van der Waals surface area (Å²) in [6.07, 6.45) is 0. The number of sulfone groups is 1. The number of ketones is 1. The maximum absolute atomic E-state index is 13.7. The summed E-state index contributed by atoms with van der Waals surface area (Å²) in [5.41, 5.74) is 7.32. The Balaban J connectivity index is 1.82. The van der Waals surface area contributed by atoms with Gasteiger partial charge in [-0.15, -0.1) is 11.3 Å². The smallest absolute Gasteiger partial charge is 0.211 e. The van der Waals surface area contributed by atoms with E-state index >= 15 is 0 Å². The Bertz CT molecular complexity index is 1430. The highest BCUT2D eigenvalue weighted by atomic mass is 32.2. The fraction of sp³-hybridized carbons (Fsp3) is 0.115. The highest BCUT2D eigenvalue weighted by molar-refractivity contribution is 7.92. The zero-order valence-corrected chi connectivity index (χ0v) is 20.8. The van der Waals surface area contributed by atoms with E-state index in [2.05, 4.69) is 5.32 Å². The van der Waals surface area contributed by atoms with Crippen LogP contribution in [-0.2, 0) is 9.84 Å². The number of carbonyl (C=O) groups is 1. The summed E-state index contributed by atoms with van der Waals surface area (Å²) in [6, 6.07) is 21.7. The highest BCUT2D eigenvalue weighted by Gasteiger charge is 2.31. The van der Waals surface area contributed by atoms with Crippen LogP contribution in [0.2, 0.25) is 0 Å². The number of hydrogen-bond donors (Lipinski definition) is 2. The minimum absolute atomic E-state index is 0.0382. The first-order valence-corrected chi connectivity index (χ1v) is 13.1. The third-order valence-electron chi connectivity index (χ3n) is 5.20. The average molecular weight is 509 g/mol. The molecular formula is C26H24N2O5S2. The van der Waals surface area contributed by atoms with Crippen molar-refractivity contribution in [1.82, 2.24) is 0 Å². The molecule has 3 aromatic carbocycles. The van der Waals surface area contributed by atoms with Crippen LogP contribution in [0.4, 0.5) is 16.4 Å². The van der Waals surface area contributed by atoms with Crippen LogP contribution >= 0.6 is 11.3 Å². The van der Waals surface area contributed by atoms with Gasteiger partial charge >= 0.3 is 0 Å². The van der Waals surface area contributed by atoms with Crippen molar-refractivity contribution in [3.8, 4) is 11.5 Å². The second-order valence-corrected chi connectivity index (χ2v) is 10.4. The molecular weight excluding hydrogens is 484 g/mol. The normalized spacial score (nSPS) is 11.1. The summed E-state index contributed by atoms with van der Waals surface area (Å²) in [5, 5.41) is 3.39. The van der Waals surface area contributed by atoms with Crippen molar-refractivity contribution in [3.05, 3.63) is 89.3 Å². The molecule has 1 heterocycles. The van der Waals surface area contributed by atoms with E-state index in [9.17, 15) is 13.2 Å². The number of hydrogen-bond acceptors (Lipinski definition) is 8. The van der Waals surface area contributed by atoms with E-state index in [4.69, 9.17) is 15.2 Å². The van der Waals surface area contributed by atoms with Gasteiger partial charge in [0.25, 0.3) is 0 Å². The van der Waals surface area contributed by atoms with Gasteiger partial charge in [0.15, 0.2) is 0 Å². The van der Waals surface area contributed by atoms with E-state index in [1.807, 2.05) is 6.92 Å². The summed E-state index contributed by atoms with van der Waals surface area (Å²) < 4.78 is 38.0. The summed E-state index contributed by atoms with van der Waals surface area (Å²) in [7, 11) is -2.57. The molecule has 0 aliphatic heterocycles. The summed E-state index contributed by atoms with van der Waals surface area (Å²) >= 11 is 1.01. The molecule has 0 atom stereocenters. The fourth-order valence-electron chi connectivity index (χ4n) is 3.47. The molecule has 0 saturated heterocycles. The maximum Gasteiger partial charge on any atom is 0.211 e. The van der Waals surface area contributed by atoms with E-state index in [-0.39, 0.29) is 31.1 Å². The van der Waals surface area contributed by atoms with Crippen molar-refractivity contribution >= 4 is 43.3 Å². The molecule has 1 aromatic heterocycles. The molecule has 4 aromatic rings. The number of nitrogens with one attached hydrogen (secondary N) is 1. The highest BCUT2D eigenvalue weighted by Crippen LogP contribution is 2.44. The number of ether oxygens (including phenoxy) is 2. The summed E-state index contributed by atoms with van der Waals surface area (Å²) in [6.45, 7) is 2.42. The van der Waals surface area contributed by atoms with Crippen LogP contribution in [0.5, 0.6) is 11.5 Å². The zero-order chi connectivity index (χ0) is 25.0. The van der Waals surface area contributed by atoms with Gasteiger partial charge in [-0.25, -0.2) is 8.42 Å². The Morgan fingerprint density at radius 3 is 2.17 bits per heavy atom. The standard InChI is InChI=1S/C26H24N2O5S2/c1-3-33-20-11-9-18(10-12-20)28-26-25(35(30,31)21-15-13-19(32-2)14-16-21)22(27)24(34-26)23(29)17-7-5-4-6-8-17/h4-16,28H,3,27H2,1-2H3. The predicted octanol–water partition coefficient (Wildman–Crippen LogP) is 5.55. The first kappa shape index (κ1) is 24.3. The molecule has 7 nitrogen and oxygen atoms in total. The largest absolute Gasteiger partial charge is 0.497 e. The van der Waals surface area contributed by atoms with E-state index < -0.39 is 9.84 Å². The molecule has 0 aliphatic carbocycles. The number of nitrogens with two attached hydrogens (primary N) is 1. The molecule has 0 spiro atoms. The zero-order valence-electron chi connectivity index (χ0n) is 19.1. The molecule has 0 amide bonds. The van der Waals surface area contributed by atoms with Crippen molar-refractivity contribution in [2.75, 3.05) is 24.8 Å². The Kier molecular flexibility index (Phi) is 7.09. The van der Waals surface area contributed by atoms with Crippen LogP contribution in [0.3, 0.4) is 0 Å². The van der Waals surface area contributed by atoms with Crippen LogP contribution in [0.25, 0.3) is 0 Å². The third-order valence-corrected chi connectivity index (χ3v) is 8.31. The van der Waals surface area contributed by atoms with Gasteiger partial charge in [0, 0.05) is 11.3 Å². The molecule has 0 saturated carbocycles. The monoisotopic (exact) mass is 508 g/mol. The van der Waals surface area contributed by atoms with Crippen molar-refractivity contribution in [2.24, 2.45) is 0 Å². The van der Waals surface area contributed by atoms with Gasteiger partial charge in [-0.3, -0.25) is 4.79 Å². The number of anilines is 3. The Labute approximate surface area is 208 Å². The average Bonchev–Trinajstić information content (AvgIpc) is 3.21. The van der Waals surface area contributed by atoms with Crippen molar-refractivity contribution < 1.29 is 22.7 Å². The van der Waals surface area contributed by atoms with Gasteiger partial charge in [0.1, 0.15) is 26.3 Å². The van der Waals surface area contributed by atoms with Crippen LogP contribution in [0, 0.1) is 0 Å². The molecule has 0 radical (unpaired) electrons. The number of methoxy groups -OCH3 is 1. The number of benzene rings is 3. The second-order valence-electron chi connectivity index (χ2n) is 7.46. The first-order chi connectivity index (χ1) is 16.8. The SMILES string of the molecule is CCOc1ccc(Nc2sc(C(=O)c3ccccc3)c(N)c2S(=O)(=O)c2ccc(OC)cc2)cc1. The Hall–Kier alpha value is -3.82. The lowest BCUT2D eigenvalue weighted by molar-refractivity contribution is 0.104. The van der Waals surface area contributed by atoms with E-state index in [1.165, 1.54) is 19.2 Å². The molecule has 0 aliphatic rings.